The summed E-state index contributed by atoms with van der Waals surface area (Å²) in [4.78, 5) is 22.3. The van der Waals surface area contributed by atoms with Gasteiger partial charge in [0.05, 0.1) is 21.3 Å². The number of fused-ring (bicyclic) bond motifs is 1. The highest BCUT2D eigenvalue weighted by Crippen LogP contribution is 2.38. The summed E-state index contributed by atoms with van der Waals surface area (Å²) in [5.74, 6) is 1.52. The average Bonchev–Trinajstić information content (AvgIpc) is 3.27. The van der Waals surface area contributed by atoms with E-state index in [0.717, 1.165) is 15.6 Å². The van der Waals surface area contributed by atoms with Crippen LogP contribution < -0.4 is 19.5 Å². The van der Waals surface area contributed by atoms with Crippen LogP contribution in [0, 0.1) is 6.92 Å². The van der Waals surface area contributed by atoms with Crippen LogP contribution >= 0.6 is 11.8 Å². The van der Waals surface area contributed by atoms with Gasteiger partial charge in [0.1, 0.15) is 11.4 Å². The fourth-order valence-corrected chi connectivity index (χ4v) is 4.07. The smallest absolute Gasteiger partial charge is 0.255 e. The number of benzene rings is 2. The molecule has 1 amide bonds. The van der Waals surface area contributed by atoms with Crippen LogP contribution in [0.1, 0.15) is 16.1 Å². The van der Waals surface area contributed by atoms with Crippen LogP contribution in [0.4, 0.5) is 5.69 Å². The van der Waals surface area contributed by atoms with Crippen molar-refractivity contribution in [1.82, 2.24) is 19.6 Å². The molecule has 0 unspecified atom stereocenters. The highest BCUT2D eigenvalue weighted by Gasteiger charge is 2.17. The van der Waals surface area contributed by atoms with E-state index in [0.29, 0.717) is 34.3 Å². The molecular formula is C22H21N5O4S. The van der Waals surface area contributed by atoms with Gasteiger partial charge in [-0.05, 0) is 49.4 Å². The Morgan fingerprint density at radius 1 is 1.00 bits per heavy atom. The van der Waals surface area contributed by atoms with Gasteiger partial charge < -0.3 is 19.5 Å². The van der Waals surface area contributed by atoms with Crippen LogP contribution in [0.25, 0.3) is 5.78 Å². The minimum Gasteiger partial charge on any atom is -0.493 e. The van der Waals surface area contributed by atoms with E-state index >= 15 is 0 Å². The van der Waals surface area contributed by atoms with Crippen molar-refractivity contribution in [2.75, 3.05) is 26.6 Å². The van der Waals surface area contributed by atoms with E-state index in [1.807, 2.05) is 37.3 Å². The molecule has 0 saturated heterocycles. The maximum absolute atomic E-state index is 12.8. The van der Waals surface area contributed by atoms with E-state index in [1.54, 1.807) is 16.6 Å². The third-order valence-corrected chi connectivity index (χ3v) is 5.62. The van der Waals surface area contributed by atoms with Gasteiger partial charge in [0.25, 0.3) is 11.7 Å². The summed E-state index contributed by atoms with van der Waals surface area (Å²) in [6.07, 6.45) is 1.48. The van der Waals surface area contributed by atoms with Crippen LogP contribution in [0.5, 0.6) is 17.2 Å². The summed E-state index contributed by atoms with van der Waals surface area (Å²) >= 11 is 1.53. The number of nitrogens with one attached hydrogen (secondary N) is 1. The Labute approximate surface area is 188 Å². The molecule has 0 saturated carbocycles. The van der Waals surface area contributed by atoms with Gasteiger partial charge in [-0.15, -0.1) is 0 Å². The number of carbonyl (C=O) groups is 1. The number of carbonyl (C=O) groups excluding carboxylic acids is 1. The summed E-state index contributed by atoms with van der Waals surface area (Å²) in [5, 5.41) is 8.01. The Kier molecular flexibility index (Phi) is 6.13. The molecule has 0 aliphatic heterocycles. The van der Waals surface area contributed by atoms with Crippen molar-refractivity contribution in [2.24, 2.45) is 0 Å². The number of aromatic nitrogens is 4. The molecule has 1 N–H and O–H groups in total. The average molecular weight is 452 g/mol. The number of amides is 1. The largest absolute Gasteiger partial charge is 0.493 e. The molecule has 0 fully saturated rings. The van der Waals surface area contributed by atoms with Gasteiger partial charge in [-0.2, -0.15) is 14.6 Å². The Balaban J connectivity index is 1.51. The number of aryl methyl sites for hydroxylation is 1. The molecule has 4 aromatic rings. The Hall–Kier alpha value is -3.79. The van der Waals surface area contributed by atoms with Crippen LogP contribution in [-0.4, -0.2) is 46.8 Å². The highest BCUT2D eigenvalue weighted by molar-refractivity contribution is 7.99. The second-order valence-corrected chi connectivity index (χ2v) is 7.80. The fourth-order valence-electron chi connectivity index (χ4n) is 3.11. The topological polar surface area (TPSA) is 99.9 Å². The van der Waals surface area contributed by atoms with Crippen molar-refractivity contribution >= 4 is 29.1 Å². The van der Waals surface area contributed by atoms with Crippen LogP contribution in [0.15, 0.2) is 58.7 Å². The first-order valence-electron chi connectivity index (χ1n) is 9.59. The first-order valence-corrected chi connectivity index (χ1v) is 10.4. The van der Waals surface area contributed by atoms with Crippen molar-refractivity contribution in [2.45, 2.75) is 16.8 Å². The highest BCUT2D eigenvalue weighted by atomic mass is 32.2. The maximum atomic E-state index is 12.8. The first-order chi connectivity index (χ1) is 15.5. The lowest BCUT2D eigenvalue weighted by Gasteiger charge is -2.14. The SMILES string of the molecule is COc1cc(C(=O)Nc2ccc(Sc3cc(C)nc4ncnn34)cc2)cc(OC)c1OC. The molecule has 0 aliphatic carbocycles. The lowest BCUT2D eigenvalue weighted by molar-refractivity contribution is 0.102. The molecule has 164 valence electrons. The molecule has 2 heterocycles. The Bertz CT molecular complexity index is 1250. The third kappa shape index (κ3) is 4.30. The van der Waals surface area contributed by atoms with Crippen LogP contribution in [0.3, 0.4) is 0 Å². The number of anilines is 1. The maximum Gasteiger partial charge on any atom is 0.255 e. The monoisotopic (exact) mass is 451 g/mol. The van der Waals surface area contributed by atoms with Crippen LogP contribution in [0.2, 0.25) is 0 Å². The minimum absolute atomic E-state index is 0.293. The fraction of sp³-hybridized carbons (Fsp3) is 0.182. The lowest BCUT2D eigenvalue weighted by atomic mass is 10.1. The van der Waals surface area contributed by atoms with Crippen molar-refractivity contribution < 1.29 is 19.0 Å². The molecule has 0 radical (unpaired) electrons. The van der Waals surface area contributed by atoms with Gasteiger partial charge in [-0.1, -0.05) is 11.8 Å². The molecule has 4 rings (SSSR count). The van der Waals surface area contributed by atoms with E-state index in [9.17, 15) is 4.79 Å². The standard InChI is InChI=1S/C22H21N5O4S/c1-13-9-19(27-22(25-13)23-12-24-27)32-16-7-5-15(6-8-16)26-21(28)14-10-17(29-2)20(31-4)18(11-14)30-3/h5-12H,1-4H3,(H,26,28). The van der Waals surface area contributed by atoms with Crippen LogP contribution in [-0.2, 0) is 0 Å². The summed E-state index contributed by atoms with van der Waals surface area (Å²) < 4.78 is 17.6. The number of hydrogen-bond donors (Lipinski definition) is 1. The quantitative estimate of drug-likeness (QED) is 0.423. The molecule has 32 heavy (non-hydrogen) atoms. The molecule has 0 spiro atoms. The Morgan fingerprint density at radius 2 is 1.69 bits per heavy atom. The summed E-state index contributed by atoms with van der Waals surface area (Å²) in [6.45, 7) is 1.92. The summed E-state index contributed by atoms with van der Waals surface area (Å²) in [5.41, 5.74) is 1.91. The van der Waals surface area contributed by atoms with Gasteiger partial charge in [0, 0.05) is 21.8 Å². The van der Waals surface area contributed by atoms with Crippen molar-refractivity contribution in [3.8, 4) is 17.2 Å². The predicted octanol–water partition coefficient (Wildman–Crippen LogP) is 3.86. The van der Waals surface area contributed by atoms with Gasteiger partial charge in [-0.3, -0.25) is 4.79 Å². The number of hydrogen-bond acceptors (Lipinski definition) is 8. The van der Waals surface area contributed by atoms with Gasteiger partial charge in [0.15, 0.2) is 11.5 Å². The second kappa shape index (κ2) is 9.15. The van der Waals surface area contributed by atoms with E-state index in [2.05, 4.69) is 20.4 Å². The van der Waals surface area contributed by atoms with Crippen molar-refractivity contribution in [3.05, 3.63) is 60.0 Å². The van der Waals surface area contributed by atoms with Gasteiger partial charge in [0.2, 0.25) is 5.75 Å². The van der Waals surface area contributed by atoms with E-state index in [-0.39, 0.29) is 5.91 Å². The first kappa shape index (κ1) is 21.4. The van der Waals surface area contributed by atoms with E-state index in [1.165, 1.54) is 39.4 Å². The molecular weight excluding hydrogens is 430 g/mol. The van der Waals surface area contributed by atoms with Gasteiger partial charge >= 0.3 is 0 Å². The predicted molar refractivity (Wildman–Crippen MR) is 120 cm³/mol. The lowest BCUT2D eigenvalue weighted by Crippen LogP contribution is -2.12. The van der Waals surface area contributed by atoms with E-state index < -0.39 is 0 Å². The number of methoxy groups -OCH3 is 3. The second-order valence-electron chi connectivity index (χ2n) is 6.70. The summed E-state index contributed by atoms with van der Waals surface area (Å²) in [7, 11) is 4.53. The zero-order valence-electron chi connectivity index (χ0n) is 17.9. The zero-order chi connectivity index (χ0) is 22.7. The van der Waals surface area contributed by atoms with Crippen molar-refractivity contribution in [1.29, 1.82) is 0 Å². The minimum atomic E-state index is -0.293. The summed E-state index contributed by atoms with van der Waals surface area (Å²) in [6, 6.07) is 12.7. The molecule has 0 bridgehead atoms. The van der Waals surface area contributed by atoms with Crippen molar-refractivity contribution in [3.63, 3.8) is 0 Å². The molecule has 2 aromatic heterocycles. The number of ether oxygens (including phenoxy) is 3. The molecule has 0 atom stereocenters. The Morgan fingerprint density at radius 3 is 2.31 bits per heavy atom. The number of nitrogens with zero attached hydrogens (tertiary/aromatic N) is 4. The molecule has 9 nitrogen and oxygen atoms in total. The third-order valence-electron chi connectivity index (χ3n) is 4.61. The van der Waals surface area contributed by atoms with Gasteiger partial charge in [-0.25, -0.2) is 4.98 Å². The molecule has 10 heteroatoms. The normalized spacial score (nSPS) is 10.8. The number of rotatable bonds is 7. The molecule has 0 aliphatic rings. The molecule has 2 aromatic carbocycles. The zero-order valence-corrected chi connectivity index (χ0v) is 18.8. The van der Waals surface area contributed by atoms with E-state index in [4.69, 9.17) is 14.2 Å².